The smallest absolute Gasteiger partial charge is 0.222 e. The zero-order chi connectivity index (χ0) is 13.8. The maximum absolute atomic E-state index is 11.5. The molecule has 102 valence electrons. The molecule has 1 amide bonds. The van der Waals surface area contributed by atoms with Gasteiger partial charge in [0.05, 0.1) is 12.3 Å². The van der Waals surface area contributed by atoms with Crippen LogP contribution < -0.4 is 0 Å². The number of carbonyl (C=O) groups excluding carboxylic acids is 1. The van der Waals surface area contributed by atoms with Crippen molar-refractivity contribution in [3.05, 3.63) is 35.4 Å². The lowest BCUT2D eigenvalue weighted by Gasteiger charge is -2.19. The Hall–Kier alpha value is -1.84. The Bertz CT molecular complexity index is 497. The third-order valence-electron chi connectivity index (χ3n) is 3.39. The highest BCUT2D eigenvalue weighted by atomic mass is 16.6. The fourth-order valence-corrected chi connectivity index (χ4v) is 2.26. The van der Waals surface area contributed by atoms with Crippen LogP contribution in [-0.4, -0.2) is 36.2 Å². The summed E-state index contributed by atoms with van der Waals surface area (Å²) >= 11 is 0. The quantitative estimate of drug-likeness (QED) is 0.834. The third-order valence-corrected chi connectivity index (χ3v) is 3.39. The number of nitrogens with zero attached hydrogens (tertiary/aromatic N) is 2. The largest absolute Gasteiger partial charge is 0.390 e. The average Bonchev–Trinajstić information content (AvgIpc) is 2.86. The summed E-state index contributed by atoms with van der Waals surface area (Å²) in [6.07, 6.45) is 1.25. The minimum atomic E-state index is -0.0323. The molecule has 4 heteroatoms. The van der Waals surface area contributed by atoms with Gasteiger partial charge in [-0.3, -0.25) is 4.79 Å². The molecule has 4 nitrogen and oxygen atoms in total. The van der Waals surface area contributed by atoms with Gasteiger partial charge in [0, 0.05) is 25.5 Å². The van der Waals surface area contributed by atoms with E-state index in [1.165, 1.54) is 5.56 Å². The summed E-state index contributed by atoms with van der Waals surface area (Å²) in [6, 6.07) is 8.14. The molecule has 19 heavy (non-hydrogen) atoms. The van der Waals surface area contributed by atoms with Gasteiger partial charge in [0.25, 0.3) is 0 Å². The number of rotatable bonds is 4. The molecule has 1 aliphatic heterocycles. The first-order valence-corrected chi connectivity index (χ1v) is 6.64. The van der Waals surface area contributed by atoms with E-state index in [4.69, 9.17) is 4.84 Å². The molecule has 0 spiro atoms. The molecule has 1 aromatic carbocycles. The Balaban J connectivity index is 1.96. The molecule has 0 N–H and O–H groups in total. The number of aryl methyl sites for hydroxylation is 1. The van der Waals surface area contributed by atoms with E-state index in [-0.39, 0.29) is 12.0 Å². The molecule has 0 fully saturated rings. The molecule has 1 aromatic rings. The lowest BCUT2D eigenvalue weighted by molar-refractivity contribution is -0.131. The lowest BCUT2D eigenvalue weighted by atomic mass is 10.0. The normalized spacial score (nSPS) is 17.8. The fourth-order valence-electron chi connectivity index (χ4n) is 2.26. The summed E-state index contributed by atoms with van der Waals surface area (Å²) in [5, 5.41) is 4.17. The minimum Gasteiger partial charge on any atom is -0.390 e. The number of likely N-dealkylation sites (N-methyl/N-ethyl adjacent to an activating group) is 1. The van der Waals surface area contributed by atoms with Crippen molar-refractivity contribution in [2.45, 2.75) is 32.8 Å². The van der Waals surface area contributed by atoms with E-state index in [1.807, 2.05) is 19.1 Å². The molecule has 2 rings (SSSR count). The van der Waals surface area contributed by atoms with Crippen LogP contribution in [0.15, 0.2) is 29.4 Å². The summed E-state index contributed by atoms with van der Waals surface area (Å²) in [5.74, 6) is 0.132. The fraction of sp³-hybridized carbons (Fsp3) is 0.467. The van der Waals surface area contributed by atoms with Crippen LogP contribution in [-0.2, 0) is 9.63 Å². The molecule has 0 saturated carbocycles. The highest BCUT2D eigenvalue weighted by Crippen LogP contribution is 2.19. The van der Waals surface area contributed by atoms with Crippen molar-refractivity contribution in [1.29, 1.82) is 0 Å². The molecular weight excluding hydrogens is 240 g/mol. The van der Waals surface area contributed by atoms with Gasteiger partial charge in [-0.1, -0.05) is 36.3 Å². The summed E-state index contributed by atoms with van der Waals surface area (Å²) in [7, 11) is 1.81. The highest BCUT2D eigenvalue weighted by Gasteiger charge is 2.25. The molecule has 0 saturated heterocycles. The van der Waals surface area contributed by atoms with Gasteiger partial charge in [0.15, 0.2) is 6.10 Å². The van der Waals surface area contributed by atoms with Crippen molar-refractivity contribution in [3.63, 3.8) is 0 Å². The number of carbonyl (C=O) groups is 1. The standard InChI is InChI=1S/C15H20N2O2/c1-4-15(18)17(3)10-12-9-14(16-19-12)13-8-6-5-7-11(13)2/h5-8,12H,4,9-10H2,1-3H3. The van der Waals surface area contributed by atoms with E-state index in [0.717, 1.165) is 17.7 Å². The second-order valence-electron chi connectivity index (χ2n) is 4.91. The van der Waals surface area contributed by atoms with Crippen molar-refractivity contribution in [1.82, 2.24) is 4.90 Å². The molecule has 0 radical (unpaired) electrons. The van der Waals surface area contributed by atoms with Crippen LogP contribution in [0, 0.1) is 6.92 Å². The Morgan fingerprint density at radius 1 is 1.47 bits per heavy atom. The predicted octanol–water partition coefficient (Wildman–Crippen LogP) is 2.36. The molecule has 0 bridgehead atoms. The Kier molecular flexibility index (Phi) is 4.20. The van der Waals surface area contributed by atoms with Gasteiger partial charge in [0.1, 0.15) is 0 Å². The van der Waals surface area contributed by atoms with E-state index in [2.05, 4.69) is 24.2 Å². The first kappa shape index (κ1) is 13.6. The Morgan fingerprint density at radius 2 is 2.21 bits per heavy atom. The Labute approximate surface area is 114 Å². The van der Waals surface area contributed by atoms with Gasteiger partial charge >= 0.3 is 0 Å². The maximum atomic E-state index is 11.5. The van der Waals surface area contributed by atoms with Crippen molar-refractivity contribution in [3.8, 4) is 0 Å². The highest BCUT2D eigenvalue weighted by molar-refractivity contribution is 6.02. The monoisotopic (exact) mass is 260 g/mol. The molecular formula is C15H20N2O2. The first-order valence-electron chi connectivity index (χ1n) is 6.64. The third kappa shape index (κ3) is 3.13. The number of benzene rings is 1. The van der Waals surface area contributed by atoms with Gasteiger partial charge in [-0.05, 0) is 12.5 Å². The zero-order valence-electron chi connectivity index (χ0n) is 11.7. The molecule has 1 aliphatic rings. The van der Waals surface area contributed by atoms with Crippen LogP contribution >= 0.6 is 0 Å². The van der Waals surface area contributed by atoms with Gasteiger partial charge < -0.3 is 9.74 Å². The van der Waals surface area contributed by atoms with Gasteiger partial charge in [0.2, 0.25) is 5.91 Å². The van der Waals surface area contributed by atoms with Crippen molar-refractivity contribution in [2.24, 2.45) is 5.16 Å². The average molecular weight is 260 g/mol. The van der Waals surface area contributed by atoms with Crippen LogP contribution in [0.25, 0.3) is 0 Å². The van der Waals surface area contributed by atoms with Gasteiger partial charge in [-0.25, -0.2) is 0 Å². The number of oxime groups is 1. The van der Waals surface area contributed by atoms with E-state index in [0.29, 0.717) is 13.0 Å². The SMILES string of the molecule is CCC(=O)N(C)CC1CC(c2ccccc2C)=NO1. The number of amides is 1. The van der Waals surface area contributed by atoms with E-state index >= 15 is 0 Å². The lowest BCUT2D eigenvalue weighted by Crippen LogP contribution is -2.34. The van der Waals surface area contributed by atoms with Crippen LogP contribution in [0.2, 0.25) is 0 Å². The van der Waals surface area contributed by atoms with Crippen molar-refractivity contribution in [2.75, 3.05) is 13.6 Å². The molecule has 0 aliphatic carbocycles. The number of hydrogen-bond acceptors (Lipinski definition) is 3. The zero-order valence-corrected chi connectivity index (χ0v) is 11.7. The first-order chi connectivity index (χ1) is 9.11. The van der Waals surface area contributed by atoms with E-state index in [1.54, 1.807) is 11.9 Å². The summed E-state index contributed by atoms with van der Waals surface area (Å²) < 4.78 is 0. The molecule has 1 unspecified atom stereocenters. The van der Waals surface area contributed by atoms with Crippen LogP contribution in [0.3, 0.4) is 0 Å². The summed E-state index contributed by atoms with van der Waals surface area (Å²) in [6.45, 7) is 4.52. The maximum Gasteiger partial charge on any atom is 0.222 e. The van der Waals surface area contributed by atoms with Gasteiger partial charge in [-0.15, -0.1) is 0 Å². The van der Waals surface area contributed by atoms with E-state index in [9.17, 15) is 4.79 Å². The predicted molar refractivity (Wildman–Crippen MR) is 75.1 cm³/mol. The summed E-state index contributed by atoms with van der Waals surface area (Å²) in [5.41, 5.74) is 3.30. The van der Waals surface area contributed by atoms with Crippen LogP contribution in [0.1, 0.15) is 30.9 Å². The Morgan fingerprint density at radius 3 is 2.89 bits per heavy atom. The van der Waals surface area contributed by atoms with Crippen molar-refractivity contribution >= 4 is 11.6 Å². The summed E-state index contributed by atoms with van der Waals surface area (Å²) in [4.78, 5) is 18.7. The van der Waals surface area contributed by atoms with Crippen LogP contribution in [0.4, 0.5) is 0 Å². The second kappa shape index (κ2) is 5.87. The second-order valence-corrected chi connectivity index (χ2v) is 4.91. The topological polar surface area (TPSA) is 41.9 Å². The number of hydrogen-bond donors (Lipinski definition) is 0. The van der Waals surface area contributed by atoms with Crippen LogP contribution in [0.5, 0.6) is 0 Å². The molecule has 1 heterocycles. The van der Waals surface area contributed by atoms with Gasteiger partial charge in [-0.2, -0.15) is 0 Å². The molecule has 1 atom stereocenters. The van der Waals surface area contributed by atoms with E-state index < -0.39 is 0 Å². The minimum absolute atomic E-state index is 0.0323. The molecule has 0 aromatic heterocycles. The van der Waals surface area contributed by atoms with Crippen molar-refractivity contribution < 1.29 is 9.63 Å².